The van der Waals surface area contributed by atoms with Crippen LogP contribution in [-0.2, 0) is 43.3 Å². The van der Waals surface area contributed by atoms with E-state index in [2.05, 4.69) is 288 Å². The lowest BCUT2D eigenvalue weighted by Gasteiger charge is -2.45. The molecule has 0 atom stereocenters. The quantitative estimate of drug-likeness (QED) is 0.145. The lowest BCUT2D eigenvalue weighted by molar-refractivity contribution is 0.583. The van der Waals surface area contributed by atoms with E-state index in [1.165, 1.54) is 166 Å². The molecule has 0 saturated heterocycles. The molecule has 0 bridgehead atoms. The molecule has 11 aromatic rings. The van der Waals surface area contributed by atoms with Gasteiger partial charge in [0.25, 0.3) is 6.71 Å². The second-order valence-corrected chi connectivity index (χ2v) is 33.5. The summed E-state index contributed by atoms with van der Waals surface area (Å²) in [5.74, 6) is 0. The fourth-order valence-electron chi connectivity index (χ4n) is 16.0. The van der Waals surface area contributed by atoms with Crippen LogP contribution in [0.4, 0.5) is 0 Å². The molecule has 84 heavy (non-hydrogen) atoms. The summed E-state index contributed by atoms with van der Waals surface area (Å²) in [6.07, 6.45) is 0. The first kappa shape index (κ1) is 53.6. The van der Waals surface area contributed by atoms with Crippen molar-refractivity contribution >= 4 is 77.5 Å². The van der Waals surface area contributed by atoms with Crippen molar-refractivity contribution in [2.24, 2.45) is 0 Å². The summed E-state index contributed by atoms with van der Waals surface area (Å²) in [5, 5.41) is 8.06. The van der Waals surface area contributed by atoms with E-state index >= 15 is 0 Å². The Hall–Kier alpha value is -7.10. The highest BCUT2D eigenvalue weighted by Crippen LogP contribution is 2.64. The van der Waals surface area contributed by atoms with Gasteiger partial charge in [-0.3, -0.25) is 0 Å². The molecule has 0 unspecified atom stereocenters. The van der Waals surface area contributed by atoms with Crippen molar-refractivity contribution in [2.75, 3.05) is 0 Å². The van der Waals surface area contributed by atoms with Crippen molar-refractivity contribution < 1.29 is 0 Å². The molecule has 3 aliphatic heterocycles. The van der Waals surface area contributed by atoms with E-state index in [4.69, 9.17) is 0 Å². The minimum Gasteiger partial charge on any atom is -0.310 e. The Kier molecular flexibility index (Phi) is 10.4. The Morgan fingerprint density at radius 2 is 0.738 bits per heavy atom. The molecule has 3 heteroatoms. The SMILES string of the molecule is CC(C)(C)c1ccc2c(c1)C1(c3cc(C(C)(C)C)ccc3-2)c2cc(-c3cccc4c(C(C)(C)C)cccc34)c3c4c2-n2c5c(cc(C(C)(C)C)cc5c5cc(C(C)(C)C)cc1c52)B4c1cc(C(C)(C)C)cc2c4cc(C(C)(C)C)ccc4n-3c12. The molecule has 0 amide bonds. The third-order valence-electron chi connectivity index (χ3n) is 20.7. The normalized spacial score (nSPS) is 15.3. The summed E-state index contributed by atoms with van der Waals surface area (Å²) >= 11 is 0. The summed E-state index contributed by atoms with van der Waals surface area (Å²) in [7, 11) is 0. The zero-order valence-corrected chi connectivity index (χ0v) is 54.2. The molecule has 0 fully saturated rings. The van der Waals surface area contributed by atoms with Crippen molar-refractivity contribution in [1.29, 1.82) is 0 Å². The van der Waals surface area contributed by atoms with Crippen molar-refractivity contribution in [2.45, 2.75) is 189 Å². The number of fused-ring (bicyclic) bond motifs is 15. The highest BCUT2D eigenvalue weighted by Gasteiger charge is 2.56. The molecule has 0 N–H and O–H groups in total. The van der Waals surface area contributed by atoms with Crippen molar-refractivity contribution in [1.82, 2.24) is 9.13 Å². The standard InChI is InChI=1S/C81H85BN2/c1-74(2,3)44-30-33-67-55(34-44)56-36-48(78(13,14)15)41-65-70(56)83(67)72-59(51-24-22-26-52-50(51)25-23-27-60(52)80(19,20)21)43-64-73-68(72)82(65)66-42-49(79(16,17)18)37-58-57-35-47(77(10,11)12)40-63(69(57)84(73)71(58)66)81(64)61-38-45(75(4,5)6)28-31-53(61)54-32-29-46(39-62(54)81)76(7,8)9/h22-43H,1-21H3. The van der Waals surface area contributed by atoms with E-state index in [1.54, 1.807) is 0 Å². The van der Waals surface area contributed by atoms with Gasteiger partial charge in [-0.25, -0.2) is 0 Å². The van der Waals surface area contributed by atoms with Crippen LogP contribution in [0.25, 0.3) is 88.0 Å². The number of hydrogen-bond acceptors (Lipinski definition) is 0. The Morgan fingerprint density at radius 3 is 1.27 bits per heavy atom. The van der Waals surface area contributed by atoms with Gasteiger partial charge in [0.15, 0.2) is 0 Å². The first-order chi connectivity index (χ1) is 39.1. The van der Waals surface area contributed by atoms with Crippen LogP contribution in [0.5, 0.6) is 0 Å². The molecule has 2 nitrogen and oxygen atoms in total. The van der Waals surface area contributed by atoms with Crippen LogP contribution in [0.15, 0.2) is 133 Å². The Morgan fingerprint density at radius 1 is 0.298 bits per heavy atom. The number of hydrogen-bond donors (Lipinski definition) is 0. The lowest BCUT2D eigenvalue weighted by Crippen LogP contribution is -2.61. The molecule has 0 saturated carbocycles. The van der Waals surface area contributed by atoms with Gasteiger partial charge in [-0.2, -0.15) is 0 Å². The van der Waals surface area contributed by atoms with Gasteiger partial charge in [0, 0.05) is 43.8 Å². The maximum absolute atomic E-state index is 2.85. The van der Waals surface area contributed by atoms with E-state index in [9.17, 15) is 0 Å². The summed E-state index contributed by atoms with van der Waals surface area (Å²) < 4.78 is 5.65. The van der Waals surface area contributed by atoms with Crippen molar-refractivity contribution in [3.8, 4) is 33.6 Å². The van der Waals surface area contributed by atoms with Crippen molar-refractivity contribution in [3.05, 3.63) is 195 Å². The van der Waals surface area contributed by atoms with E-state index in [-0.39, 0.29) is 44.6 Å². The summed E-state index contributed by atoms with van der Waals surface area (Å²) in [6.45, 7) is 50.5. The number of nitrogens with zero attached hydrogens (tertiary/aromatic N) is 2. The van der Waals surface area contributed by atoms with Crippen LogP contribution in [0, 0.1) is 0 Å². The third kappa shape index (κ3) is 6.99. The minimum atomic E-state index is -0.713. The lowest BCUT2D eigenvalue weighted by atomic mass is 9.33. The second-order valence-electron chi connectivity index (χ2n) is 33.5. The van der Waals surface area contributed by atoms with E-state index in [1.807, 2.05) is 0 Å². The van der Waals surface area contributed by atoms with Gasteiger partial charge in [0.1, 0.15) is 0 Å². The molecule has 0 radical (unpaired) electrons. The zero-order valence-electron chi connectivity index (χ0n) is 54.2. The van der Waals surface area contributed by atoms with Crippen LogP contribution in [0.1, 0.15) is 207 Å². The fourth-order valence-corrected chi connectivity index (χ4v) is 16.0. The van der Waals surface area contributed by atoms with Crippen LogP contribution >= 0.6 is 0 Å². The van der Waals surface area contributed by atoms with Crippen LogP contribution in [0.3, 0.4) is 0 Å². The maximum Gasteiger partial charge on any atom is 0.252 e. The molecule has 15 rings (SSSR count). The molecular weight excluding hydrogens is 1010 g/mol. The second kappa shape index (κ2) is 16.2. The van der Waals surface area contributed by atoms with Crippen LogP contribution in [0.2, 0.25) is 0 Å². The monoisotopic (exact) mass is 1100 g/mol. The van der Waals surface area contributed by atoms with E-state index in [0.29, 0.717) is 0 Å². The van der Waals surface area contributed by atoms with Gasteiger partial charge < -0.3 is 9.13 Å². The van der Waals surface area contributed by atoms with Gasteiger partial charge in [0.2, 0.25) is 0 Å². The van der Waals surface area contributed by atoms with Crippen LogP contribution in [-0.4, -0.2) is 15.8 Å². The first-order valence-corrected chi connectivity index (χ1v) is 31.5. The van der Waals surface area contributed by atoms with Gasteiger partial charge in [-0.1, -0.05) is 242 Å². The average Bonchev–Trinajstić information content (AvgIpc) is 1.38. The predicted molar refractivity (Wildman–Crippen MR) is 364 cm³/mol. The summed E-state index contributed by atoms with van der Waals surface area (Å²) in [6, 6.07) is 55.8. The van der Waals surface area contributed by atoms with E-state index < -0.39 is 5.41 Å². The number of benzene rings is 9. The Bertz CT molecular complexity index is 4730. The Balaban J connectivity index is 1.28. The molecule has 9 aromatic carbocycles. The first-order valence-electron chi connectivity index (χ1n) is 31.5. The maximum atomic E-state index is 2.85. The fraction of sp³-hybridized carbons (Fsp3) is 0.358. The molecule has 5 heterocycles. The predicted octanol–water partition coefficient (Wildman–Crippen LogP) is 19.6. The smallest absolute Gasteiger partial charge is 0.252 e. The largest absolute Gasteiger partial charge is 0.310 e. The molecular formula is C81H85BN2. The van der Waals surface area contributed by atoms with E-state index in [0.717, 1.165) is 0 Å². The molecule has 4 aliphatic rings. The average molecular weight is 1100 g/mol. The van der Waals surface area contributed by atoms with Gasteiger partial charge >= 0.3 is 0 Å². The molecule has 422 valence electrons. The van der Waals surface area contributed by atoms with Crippen molar-refractivity contribution in [3.63, 3.8) is 0 Å². The highest BCUT2D eigenvalue weighted by atomic mass is 15.1. The topological polar surface area (TPSA) is 9.86 Å². The molecule has 1 aliphatic carbocycles. The Labute approximate surface area is 500 Å². The molecule has 2 aromatic heterocycles. The third-order valence-corrected chi connectivity index (χ3v) is 20.7. The number of aromatic nitrogens is 2. The van der Waals surface area contributed by atoms with Gasteiger partial charge in [-0.05, 0) is 179 Å². The number of rotatable bonds is 1. The minimum absolute atomic E-state index is 0.0371. The summed E-state index contributed by atoms with van der Waals surface area (Å²) in [5.41, 5.74) is 31.4. The van der Waals surface area contributed by atoms with Gasteiger partial charge in [-0.15, -0.1) is 0 Å². The zero-order chi connectivity index (χ0) is 59.6. The van der Waals surface area contributed by atoms with Crippen LogP contribution < -0.4 is 16.4 Å². The summed E-state index contributed by atoms with van der Waals surface area (Å²) in [4.78, 5) is 0. The van der Waals surface area contributed by atoms with Gasteiger partial charge in [0.05, 0.1) is 22.1 Å². The highest BCUT2D eigenvalue weighted by molar-refractivity contribution is 7.00. The molecule has 1 spiro atoms.